The van der Waals surface area contributed by atoms with Crippen LogP contribution in [-0.4, -0.2) is 36.6 Å². The molecule has 0 aliphatic carbocycles. The monoisotopic (exact) mass is 205 g/mol. The summed E-state index contributed by atoms with van der Waals surface area (Å²) in [7, 11) is 2.23. The SMILES string of the molecule is CCNCCCCC[SiH](OC)OC. The van der Waals surface area contributed by atoms with Gasteiger partial charge in [0.1, 0.15) is 0 Å². The topological polar surface area (TPSA) is 30.5 Å². The molecule has 0 radical (unpaired) electrons. The van der Waals surface area contributed by atoms with Crippen LogP contribution in [0.5, 0.6) is 0 Å². The van der Waals surface area contributed by atoms with Crippen molar-refractivity contribution >= 4 is 9.28 Å². The van der Waals surface area contributed by atoms with Gasteiger partial charge in [0.25, 0.3) is 0 Å². The van der Waals surface area contributed by atoms with Crippen molar-refractivity contribution in [2.24, 2.45) is 0 Å². The lowest BCUT2D eigenvalue weighted by atomic mass is 10.2. The highest BCUT2D eigenvalue weighted by Gasteiger charge is 2.07. The Hall–Kier alpha value is 0.0969. The quantitative estimate of drug-likeness (QED) is 0.454. The first-order valence-electron chi connectivity index (χ1n) is 5.11. The number of rotatable bonds is 9. The predicted molar refractivity (Wildman–Crippen MR) is 58.4 cm³/mol. The van der Waals surface area contributed by atoms with E-state index in [9.17, 15) is 0 Å². The van der Waals surface area contributed by atoms with Gasteiger partial charge in [0.2, 0.25) is 0 Å². The van der Waals surface area contributed by atoms with E-state index in [0.717, 1.165) is 19.1 Å². The maximum Gasteiger partial charge on any atom is 0.320 e. The Balaban J connectivity index is 3.05. The molecule has 13 heavy (non-hydrogen) atoms. The van der Waals surface area contributed by atoms with Crippen molar-refractivity contribution in [3.05, 3.63) is 0 Å². The summed E-state index contributed by atoms with van der Waals surface area (Å²) in [6.07, 6.45) is 3.79. The average Bonchev–Trinajstić information content (AvgIpc) is 2.17. The molecule has 0 unspecified atom stereocenters. The largest absolute Gasteiger partial charge is 0.400 e. The number of unbranched alkanes of at least 4 members (excludes halogenated alkanes) is 2. The first-order chi connectivity index (χ1) is 6.35. The Morgan fingerprint density at radius 1 is 1.08 bits per heavy atom. The Kier molecular flexibility index (Phi) is 10.3. The summed E-state index contributed by atoms with van der Waals surface area (Å²) in [5.74, 6) is 0. The van der Waals surface area contributed by atoms with Crippen LogP contribution in [0.15, 0.2) is 0 Å². The van der Waals surface area contributed by atoms with E-state index in [2.05, 4.69) is 12.2 Å². The number of hydrogen-bond donors (Lipinski definition) is 1. The molecule has 0 saturated carbocycles. The second kappa shape index (κ2) is 10.2. The first-order valence-corrected chi connectivity index (χ1v) is 6.87. The summed E-state index contributed by atoms with van der Waals surface area (Å²) in [6.45, 7) is 4.36. The third-order valence-electron chi connectivity index (χ3n) is 2.07. The van der Waals surface area contributed by atoms with E-state index < -0.39 is 9.28 Å². The molecule has 80 valence electrons. The number of hydrogen-bond acceptors (Lipinski definition) is 3. The van der Waals surface area contributed by atoms with Gasteiger partial charge in [-0.05, 0) is 25.6 Å². The highest BCUT2D eigenvalue weighted by Crippen LogP contribution is 2.04. The zero-order chi connectivity index (χ0) is 9.94. The van der Waals surface area contributed by atoms with Crippen molar-refractivity contribution in [1.29, 1.82) is 0 Å². The third kappa shape index (κ3) is 8.43. The number of nitrogens with one attached hydrogen (secondary N) is 1. The van der Waals surface area contributed by atoms with Crippen LogP contribution in [-0.2, 0) is 8.85 Å². The molecule has 0 aliphatic heterocycles. The second-order valence-electron chi connectivity index (χ2n) is 3.10. The van der Waals surface area contributed by atoms with Gasteiger partial charge in [0.05, 0.1) is 0 Å². The van der Waals surface area contributed by atoms with E-state index in [4.69, 9.17) is 8.85 Å². The summed E-state index contributed by atoms with van der Waals surface area (Å²) in [5, 5.41) is 3.31. The highest BCUT2D eigenvalue weighted by atomic mass is 28.3. The Morgan fingerprint density at radius 3 is 2.31 bits per heavy atom. The van der Waals surface area contributed by atoms with Crippen LogP contribution in [0.25, 0.3) is 0 Å². The van der Waals surface area contributed by atoms with E-state index in [1.807, 2.05) is 0 Å². The molecular weight excluding hydrogens is 182 g/mol. The molecule has 0 bridgehead atoms. The molecule has 0 aromatic heterocycles. The van der Waals surface area contributed by atoms with Gasteiger partial charge in [-0.1, -0.05) is 19.8 Å². The van der Waals surface area contributed by atoms with Crippen LogP contribution >= 0.6 is 0 Å². The van der Waals surface area contributed by atoms with Gasteiger partial charge >= 0.3 is 9.28 Å². The van der Waals surface area contributed by atoms with Crippen molar-refractivity contribution in [2.45, 2.75) is 32.2 Å². The Labute approximate surface area is 83.7 Å². The molecule has 0 fully saturated rings. The molecule has 0 spiro atoms. The zero-order valence-corrected chi connectivity index (χ0v) is 10.3. The third-order valence-corrected chi connectivity index (χ3v) is 4.00. The smallest absolute Gasteiger partial charge is 0.320 e. The fourth-order valence-corrected chi connectivity index (χ4v) is 2.53. The molecule has 0 atom stereocenters. The van der Waals surface area contributed by atoms with E-state index in [0.29, 0.717) is 0 Å². The van der Waals surface area contributed by atoms with Crippen LogP contribution in [0.4, 0.5) is 0 Å². The van der Waals surface area contributed by atoms with Gasteiger partial charge in [-0.15, -0.1) is 0 Å². The minimum absolute atomic E-state index is 1.08. The van der Waals surface area contributed by atoms with E-state index in [1.54, 1.807) is 14.2 Å². The van der Waals surface area contributed by atoms with Gasteiger partial charge < -0.3 is 14.2 Å². The van der Waals surface area contributed by atoms with Crippen LogP contribution in [0.3, 0.4) is 0 Å². The predicted octanol–water partition coefficient (Wildman–Crippen LogP) is 1.28. The van der Waals surface area contributed by atoms with Crippen LogP contribution in [0, 0.1) is 0 Å². The van der Waals surface area contributed by atoms with Crippen molar-refractivity contribution in [1.82, 2.24) is 5.32 Å². The molecule has 0 saturated heterocycles. The lowest BCUT2D eigenvalue weighted by Gasteiger charge is -2.10. The first kappa shape index (κ1) is 13.1. The van der Waals surface area contributed by atoms with E-state index in [-0.39, 0.29) is 0 Å². The normalized spacial score (nSPS) is 11.1. The fraction of sp³-hybridized carbons (Fsp3) is 1.00. The summed E-state index contributed by atoms with van der Waals surface area (Å²) in [4.78, 5) is 0. The van der Waals surface area contributed by atoms with E-state index >= 15 is 0 Å². The maximum absolute atomic E-state index is 5.23. The molecular formula is C9H23NO2Si. The molecule has 1 N–H and O–H groups in total. The van der Waals surface area contributed by atoms with Crippen molar-refractivity contribution in [2.75, 3.05) is 27.3 Å². The summed E-state index contributed by atoms with van der Waals surface area (Å²) >= 11 is 0. The minimum atomic E-state index is -1.27. The van der Waals surface area contributed by atoms with Gasteiger partial charge in [0, 0.05) is 14.2 Å². The molecule has 0 amide bonds. The van der Waals surface area contributed by atoms with Crippen LogP contribution in [0.2, 0.25) is 6.04 Å². The summed E-state index contributed by atoms with van der Waals surface area (Å²) < 4.78 is 10.5. The van der Waals surface area contributed by atoms with Crippen molar-refractivity contribution in [3.8, 4) is 0 Å². The molecule has 0 heterocycles. The molecule has 3 nitrogen and oxygen atoms in total. The van der Waals surface area contributed by atoms with Crippen LogP contribution < -0.4 is 5.32 Å². The average molecular weight is 205 g/mol. The van der Waals surface area contributed by atoms with E-state index in [1.165, 1.54) is 19.3 Å². The lowest BCUT2D eigenvalue weighted by molar-refractivity contribution is 0.276. The van der Waals surface area contributed by atoms with Gasteiger partial charge in [-0.2, -0.15) is 0 Å². The highest BCUT2D eigenvalue weighted by molar-refractivity contribution is 6.44. The second-order valence-corrected chi connectivity index (χ2v) is 5.48. The standard InChI is InChI=1S/C9H23NO2Si/c1-4-10-8-6-5-7-9-13(11-2)12-3/h10,13H,4-9H2,1-3H3. The molecule has 0 aromatic carbocycles. The van der Waals surface area contributed by atoms with Gasteiger partial charge in [-0.3, -0.25) is 0 Å². The molecule has 0 rings (SSSR count). The summed E-state index contributed by atoms with van der Waals surface area (Å²) in [6, 6.07) is 1.14. The Morgan fingerprint density at radius 2 is 1.77 bits per heavy atom. The van der Waals surface area contributed by atoms with Crippen molar-refractivity contribution in [3.63, 3.8) is 0 Å². The molecule has 0 aromatic rings. The van der Waals surface area contributed by atoms with Gasteiger partial charge in [0.15, 0.2) is 0 Å². The van der Waals surface area contributed by atoms with Gasteiger partial charge in [-0.25, -0.2) is 0 Å². The maximum atomic E-state index is 5.23. The van der Waals surface area contributed by atoms with Crippen LogP contribution in [0.1, 0.15) is 26.2 Å². The zero-order valence-electron chi connectivity index (χ0n) is 9.14. The minimum Gasteiger partial charge on any atom is -0.400 e. The summed E-state index contributed by atoms with van der Waals surface area (Å²) in [5.41, 5.74) is 0. The lowest BCUT2D eigenvalue weighted by Crippen LogP contribution is -2.18. The molecule has 0 aliphatic rings. The Bertz CT molecular complexity index is 99.6. The van der Waals surface area contributed by atoms with Crippen molar-refractivity contribution < 1.29 is 8.85 Å². The fourth-order valence-electron chi connectivity index (χ4n) is 1.25. The molecule has 4 heteroatoms.